The van der Waals surface area contributed by atoms with Gasteiger partial charge >= 0.3 is 0 Å². The minimum absolute atomic E-state index is 0.0610. The normalized spacial score (nSPS) is 10.4. The number of amides is 2. The molecule has 2 aromatic rings. The highest BCUT2D eigenvalue weighted by Crippen LogP contribution is 2.06. The predicted octanol–water partition coefficient (Wildman–Crippen LogP) is 2.80. The van der Waals surface area contributed by atoms with Crippen molar-refractivity contribution in [3.8, 4) is 0 Å². The van der Waals surface area contributed by atoms with Crippen LogP contribution in [0.2, 0.25) is 0 Å². The van der Waals surface area contributed by atoms with Gasteiger partial charge in [0.1, 0.15) is 0 Å². The number of hydrogen-bond acceptors (Lipinski definition) is 2. The van der Waals surface area contributed by atoms with Crippen molar-refractivity contribution < 1.29 is 9.59 Å². The maximum atomic E-state index is 12.2. The van der Waals surface area contributed by atoms with E-state index in [0.29, 0.717) is 17.7 Å². The number of nitrogens with one attached hydrogen (secondary N) is 2. The van der Waals surface area contributed by atoms with Crippen molar-refractivity contribution in [2.24, 2.45) is 0 Å². The zero-order valence-electron chi connectivity index (χ0n) is 13.5. The molecule has 0 atom stereocenters. The molecular formula is C19H22N2O2. The first-order valence-corrected chi connectivity index (χ1v) is 7.79. The van der Waals surface area contributed by atoms with Gasteiger partial charge in [-0.3, -0.25) is 9.59 Å². The van der Waals surface area contributed by atoms with Gasteiger partial charge in [-0.15, -0.1) is 0 Å². The molecule has 0 spiro atoms. The van der Waals surface area contributed by atoms with Crippen LogP contribution in [0.4, 0.5) is 0 Å². The second kappa shape index (κ2) is 8.13. The Bertz CT molecular complexity index is 666. The molecule has 0 heterocycles. The monoisotopic (exact) mass is 310 g/mol. The zero-order chi connectivity index (χ0) is 16.7. The average Bonchev–Trinajstić information content (AvgIpc) is 2.55. The van der Waals surface area contributed by atoms with Crippen molar-refractivity contribution in [2.75, 3.05) is 6.54 Å². The van der Waals surface area contributed by atoms with Crippen molar-refractivity contribution in [3.63, 3.8) is 0 Å². The van der Waals surface area contributed by atoms with Gasteiger partial charge in [0.25, 0.3) is 11.8 Å². The van der Waals surface area contributed by atoms with E-state index in [-0.39, 0.29) is 17.9 Å². The van der Waals surface area contributed by atoms with Gasteiger partial charge in [-0.25, -0.2) is 0 Å². The van der Waals surface area contributed by atoms with E-state index >= 15 is 0 Å². The summed E-state index contributed by atoms with van der Waals surface area (Å²) in [5.41, 5.74) is 2.17. The van der Waals surface area contributed by atoms with Crippen LogP contribution in [0.3, 0.4) is 0 Å². The molecule has 0 unspecified atom stereocenters. The van der Waals surface area contributed by atoms with Crippen molar-refractivity contribution in [1.29, 1.82) is 0 Å². The van der Waals surface area contributed by atoms with Crippen LogP contribution in [-0.4, -0.2) is 24.4 Å². The van der Waals surface area contributed by atoms with Gasteiger partial charge in [0.2, 0.25) is 0 Å². The number of carbonyl (C=O) groups excluding carboxylic acids is 2. The van der Waals surface area contributed by atoms with Crippen LogP contribution in [0.5, 0.6) is 0 Å². The van der Waals surface area contributed by atoms with Gasteiger partial charge in [-0.2, -0.15) is 0 Å². The van der Waals surface area contributed by atoms with E-state index in [0.717, 1.165) is 6.42 Å². The fourth-order valence-corrected chi connectivity index (χ4v) is 2.21. The largest absolute Gasteiger partial charge is 0.352 e. The number of hydrogen-bond donors (Lipinski definition) is 2. The summed E-state index contributed by atoms with van der Waals surface area (Å²) in [4.78, 5) is 24.2. The molecule has 0 aliphatic carbocycles. The Hall–Kier alpha value is -2.62. The maximum absolute atomic E-state index is 12.2. The first-order chi connectivity index (χ1) is 11.1. The Kier molecular flexibility index (Phi) is 5.92. The third-order valence-electron chi connectivity index (χ3n) is 3.35. The van der Waals surface area contributed by atoms with Crippen LogP contribution in [0.1, 0.15) is 40.1 Å². The fourth-order valence-electron chi connectivity index (χ4n) is 2.21. The van der Waals surface area contributed by atoms with Gasteiger partial charge in [0.05, 0.1) is 0 Å². The number of carbonyl (C=O) groups is 2. The van der Waals surface area contributed by atoms with Crippen LogP contribution in [0.25, 0.3) is 0 Å². The van der Waals surface area contributed by atoms with Gasteiger partial charge in [-0.05, 0) is 44.0 Å². The van der Waals surface area contributed by atoms with Crippen LogP contribution in [0, 0.1) is 0 Å². The van der Waals surface area contributed by atoms with Crippen molar-refractivity contribution in [1.82, 2.24) is 10.6 Å². The van der Waals surface area contributed by atoms with Crippen LogP contribution < -0.4 is 10.6 Å². The summed E-state index contributed by atoms with van der Waals surface area (Å²) in [6.45, 7) is 4.36. The van der Waals surface area contributed by atoms with Crippen LogP contribution in [0.15, 0.2) is 54.6 Å². The Morgan fingerprint density at radius 2 is 1.57 bits per heavy atom. The van der Waals surface area contributed by atoms with E-state index in [1.165, 1.54) is 5.56 Å². The van der Waals surface area contributed by atoms with E-state index in [1.54, 1.807) is 24.3 Å². The highest BCUT2D eigenvalue weighted by molar-refractivity contribution is 5.99. The van der Waals surface area contributed by atoms with Crippen LogP contribution in [-0.2, 0) is 6.42 Å². The third kappa shape index (κ3) is 5.25. The Balaban J connectivity index is 1.93. The summed E-state index contributed by atoms with van der Waals surface area (Å²) in [7, 11) is 0. The number of benzene rings is 2. The highest BCUT2D eigenvalue weighted by atomic mass is 16.2. The molecule has 0 aliphatic heterocycles. The lowest BCUT2D eigenvalue weighted by Gasteiger charge is -2.10. The van der Waals surface area contributed by atoms with E-state index in [2.05, 4.69) is 10.6 Å². The van der Waals surface area contributed by atoms with E-state index in [1.807, 2.05) is 44.2 Å². The first-order valence-electron chi connectivity index (χ1n) is 7.79. The van der Waals surface area contributed by atoms with Gasteiger partial charge in [0.15, 0.2) is 0 Å². The van der Waals surface area contributed by atoms with Gasteiger partial charge < -0.3 is 10.6 Å². The maximum Gasteiger partial charge on any atom is 0.251 e. The lowest BCUT2D eigenvalue weighted by Crippen LogP contribution is -2.30. The Morgan fingerprint density at radius 3 is 2.22 bits per heavy atom. The molecule has 0 aromatic heterocycles. The molecule has 2 rings (SSSR count). The molecule has 23 heavy (non-hydrogen) atoms. The molecule has 0 saturated heterocycles. The molecule has 0 aliphatic rings. The fraction of sp³-hybridized carbons (Fsp3) is 0.263. The molecule has 2 N–H and O–H groups in total. The summed E-state index contributed by atoms with van der Waals surface area (Å²) in [5.74, 6) is -0.334. The molecule has 0 saturated carbocycles. The van der Waals surface area contributed by atoms with Crippen molar-refractivity contribution >= 4 is 11.8 Å². The van der Waals surface area contributed by atoms with Crippen molar-refractivity contribution in [3.05, 3.63) is 71.3 Å². The van der Waals surface area contributed by atoms with Gasteiger partial charge in [0, 0.05) is 23.7 Å². The summed E-state index contributed by atoms with van der Waals surface area (Å²) in [6.07, 6.45) is 0.778. The van der Waals surface area contributed by atoms with E-state index < -0.39 is 0 Å². The Labute approximate surface area is 136 Å². The minimum Gasteiger partial charge on any atom is -0.352 e. The highest BCUT2D eigenvalue weighted by Gasteiger charge is 2.10. The second-order valence-corrected chi connectivity index (χ2v) is 5.70. The summed E-state index contributed by atoms with van der Waals surface area (Å²) in [6, 6.07) is 16.8. The molecule has 0 bridgehead atoms. The summed E-state index contributed by atoms with van der Waals surface area (Å²) >= 11 is 0. The first kappa shape index (κ1) is 16.7. The second-order valence-electron chi connectivity index (χ2n) is 5.70. The topological polar surface area (TPSA) is 58.2 Å². The molecule has 0 fully saturated rings. The molecule has 2 aromatic carbocycles. The molecule has 2 amide bonds. The Morgan fingerprint density at radius 1 is 0.913 bits per heavy atom. The lowest BCUT2D eigenvalue weighted by atomic mass is 10.1. The molecular weight excluding hydrogens is 288 g/mol. The molecule has 0 radical (unpaired) electrons. The standard InChI is InChI=1S/C19H22N2O2/c1-14(2)21-19(23)17-10-6-9-16(13-17)18(22)20-12-11-15-7-4-3-5-8-15/h3-10,13-14H,11-12H2,1-2H3,(H,20,22)(H,21,23). The summed E-state index contributed by atoms with van der Waals surface area (Å²) < 4.78 is 0. The van der Waals surface area contributed by atoms with Crippen LogP contribution >= 0.6 is 0 Å². The average molecular weight is 310 g/mol. The zero-order valence-corrected chi connectivity index (χ0v) is 13.5. The van der Waals surface area contributed by atoms with Gasteiger partial charge in [-0.1, -0.05) is 36.4 Å². The molecule has 4 heteroatoms. The molecule has 120 valence electrons. The quantitative estimate of drug-likeness (QED) is 0.862. The third-order valence-corrected chi connectivity index (χ3v) is 3.35. The summed E-state index contributed by atoms with van der Waals surface area (Å²) in [5, 5.41) is 5.70. The minimum atomic E-state index is -0.168. The number of rotatable bonds is 6. The van der Waals surface area contributed by atoms with E-state index in [4.69, 9.17) is 0 Å². The van der Waals surface area contributed by atoms with Crippen molar-refractivity contribution in [2.45, 2.75) is 26.3 Å². The lowest BCUT2D eigenvalue weighted by molar-refractivity contribution is 0.0943. The molecule has 4 nitrogen and oxygen atoms in total. The SMILES string of the molecule is CC(C)NC(=O)c1cccc(C(=O)NCCc2ccccc2)c1. The smallest absolute Gasteiger partial charge is 0.251 e. The predicted molar refractivity (Wildman–Crippen MR) is 91.5 cm³/mol. The van der Waals surface area contributed by atoms with E-state index in [9.17, 15) is 9.59 Å².